The lowest BCUT2D eigenvalue weighted by atomic mass is 10.0. The number of carboxylic acid groups (broad SMARTS) is 2. The van der Waals surface area contributed by atoms with Crippen molar-refractivity contribution in [3.8, 4) is 22.5 Å². The van der Waals surface area contributed by atoms with Crippen LogP contribution in [0.25, 0.3) is 33.4 Å². The molecule has 1 aromatic carbocycles. The molecule has 260 valence electrons. The van der Waals surface area contributed by atoms with Crippen LogP contribution in [0.2, 0.25) is 0 Å². The van der Waals surface area contributed by atoms with E-state index >= 15 is 0 Å². The zero-order valence-electron chi connectivity index (χ0n) is 26.0. The Bertz CT molecular complexity index is 1800. The van der Waals surface area contributed by atoms with Gasteiger partial charge in [0.15, 0.2) is 0 Å². The fourth-order valence-electron chi connectivity index (χ4n) is 5.30. The van der Waals surface area contributed by atoms with Gasteiger partial charge in [-0.25, -0.2) is 19.4 Å². The van der Waals surface area contributed by atoms with Gasteiger partial charge in [0.1, 0.15) is 11.5 Å². The number of carbonyl (C=O) groups excluding carboxylic acids is 1. The zero-order valence-corrected chi connectivity index (χ0v) is 26.0. The van der Waals surface area contributed by atoms with Crippen LogP contribution in [0.15, 0.2) is 30.6 Å². The number of benzene rings is 1. The van der Waals surface area contributed by atoms with Crippen LogP contribution < -0.4 is 5.32 Å². The molecule has 48 heavy (non-hydrogen) atoms. The predicted octanol–water partition coefficient (Wildman–Crippen LogP) is 3.29. The molecule has 5 heterocycles. The van der Waals surface area contributed by atoms with Crippen LogP contribution in [0.5, 0.6) is 0 Å². The first kappa shape index (κ1) is 35.7. The standard InChI is InChI=1S/C24H29N9O.2C2HF3O2/c1-25-24(34)32-7-8-33-20(14-32)22(27-23(33)17-11-29(2)12-17)15-5-6-19-18(9-15)21(28-31(19)4)16-10-26-30(3)13-16;2*3-2(4,5)1(6)7/h5-6,9-10,13,17H,7-8,11-12,14H2,1-4H3,(H,25,34);2*(H,6,7). The monoisotopic (exact) mass is 687 g/mol. The van der Waals surface area contributed by atoms with Gasteiger partial charge in [-0.2, -0.15) is 36.5 Å². The lowest BCUT2D eigenvalue weighted by molar-refractivity contribution is -0.193. The maximum Gasteiger partial charge on any atom is 0.490 e. The minimum atomic E-state index is -5.08. The highest BCUT2D eigenvalue weighted by molar-refractivity contribution is 5.96. The summed E-state index contributed by atoms with van der Waals surface area (Å²) in [6.45, 7) is 4.03. The molecule has 0 atom stereocenters. The minimum Gasteiger partial charge on any atom is -0.475 e. The number of likely N-dealkylation sites (N-methyl/N-ethyl adjacent to an activating group) is 1. The molecule has 14 nitrogen and oxygen atoms in total. The van der Waals surface area contributed by atoms with Crippen LogP contribution in [0.1, 0.15) is 17.4 Å². The number of nitrogens with zero attached hydrogens (tertiary/aromatic N) is 8. The van der Waals surface area contributed by atoms with Crippen molar-refractivity contribution in [3.05, 3.63) is 42.1 Å². The molecule has 0 saturated carbocycles. The van der Waals surface area contributed by atoms with Gasteiger partial charge in [-0.15, -0.1) is 0 Å². The first-order chi connectivity index (χ1) is 22.3. The number of carbonyl (C=O) groups is 3. The number of amides is 2. The number of fused-ring (bicyclic) bond motifs is 2. The molecule has 1 saturated heterocycles. The Morgan fingerprint density at radius 2 is 1.52 bits per heavy atom. The van der Waals surface area contributed by atoms with Crippen LogP contribution >= 0.6 is 0 Å². The van der Waals surface area contributed by atoms with E-state index in [0.29, 0.717) is 19.0 Å². The molecule has 0 unspecified atom stereocenters. The maximum absolute atomic E-state index is 12.4. The van der Waals surface area contributed by atoms with E-state index in [0.717, 1.165) is 64.6 Å². The van der Waals surface area contributed by atoms with E-state index in [-0.39, 0.29) is 6.03 Å². The summed E-state index contributed by atoms with van der Waals surface area (Å²) in [7, 11) is 7.70. The number of carboxylic acids is 2. The number of likely N-dealkylation sites (tertiary alicyclic amines) is 1. The number of hydrogen-bond donors (Lipinski definition) is 3. The Balaban J connectivity index is 0.000000314. The van der Waals surface area contributed by atoms with Crippen molar-refractivity contribution in [2.45, 2.75) is 31.4 Å². The Kier molecular flexibility index (Phi) is 10.1. The number of urea groups is 1. The molecule has 0 spiro atoms. The molecular weight excluding hydrogens is 656 g/mol. The maximum atomic E-state index is 12.4. The average Bonchev–Trinajstić information content (AvgIpc) is 3.69. The highest BCUT2D eigenvalue weighted by Crippen LogP contribution is 2.36. The number of aliphatic carboxylic acids is 2. The fourth-order valence-corrected chi connectivity index (χ4v) is 5.30. The topological polar surface area (TPSA) is 164 Å². The van der Waals surface area contributed by atoms with Crippen molar-refractivity contribution in [1.82, 2.24) is 44.2 Å². The zero-order chi connectivity index (χ0) is 35.7. The largest absolute Gasteiger partial charge is 0.490 e. The van der Waals surface area contributed by atoms with Crippen LogP contribution in [-0.4, -0.2) is 113 Å². The second-order valence-corrected chi connectivity index (χ2v) is 11.0. The molecule has 2 aliphatic heterocycles. The summed E-state index contributed by atoms with van der Waals surface area (Å²) in [5.41, 5.74) is 6.07. The van der Waals surface area contributed by atoms with E-state index in [9.17, 15) is 31.1 Å². The minimum absolute atomic E-state index is 0.0510. The van der Waals surface area contributed by atoms with Crippen LogP contribution in [-0.2, 0) is 36.8 Å². The van der Waals surface area contributed by atoms with Gasteiger partial charge in [-0.3, -0.25) is 9.36 Å². The van der Waals surface area contributed by atoms with Gasteiger partial charge >= 0.3 is 30.3 Å². The molecule has 1 fully saturated rings. The summed E-state index contributed by atoms with van der Waals surface area (Å²) < 4.78 is 69.5. The van der Waals surface area contributed by atoms with E-state index in [1.54, 1.807) is 11.7 Å². The normalized spacial score (nSPS) is 15.1. The second-order valence-electron chi connectivity index (χ2n) is 11.0. The van der Waals surface area contributed by atoms with Crippen LogP contribution in [0, 0.1) is 0 Å². The number of aryl methyl sites for hydroxylation is 2. The Morgan fingerprint density at radius 1 is 0.917 bits per heavy atom. The molecule has 4 aromatic rings. The number of hydrogen-bond acceptors (Lipinski definition) is 7. The van der Waals surface area contributed by atoms with Gasteiger partial charge in [0.05, 0.1) is 29.6 Å². The average molecular weight is 688 g/mol. The van der Waals surface area contributed by atoms with Crippen molar-refractivity contribution >= 4 is 28.9 Å². The lowest BCUT2D eigenvalue weighted by Gasteiger charge is -2.37. The molecule has 3 aromatic heterocycles. The smallest absolute Gasteiger partial charge is 0.475 e. The van der Waals surface area contributed by atoms with E-state index in [1.165, 1.54) is 0 Å². The van der Waals surface area contributed by atoms with Gasteiger partial charge in [0.25, 0.3) is 0 Å². The summed E-state index contributed by atoms with van der Waals surface area (Å²) in [5.74, 6) is -3.95. The van der Waals surface area contributed by atoms with Crippen LogP contribution in [0.4, 0.5) is 31.1 Å². The quantitative estimate of drug-likeness (QED) is 0.274. The van der Waals surface area contributed by atoms with Crippen molar-refractivity contribution in [2.75, 3.05) is 33.7 Å². The van der Waals surface area contributed by atoms with E-state index in [4.69, 9.17) is 29.9 Å². The van der Waals surface area contributed by atoms with Crippen molar-refractivity contribution in [2.24, 2.45) is 14.1 Å². The highest BCUT2D eigenvalue weighted by atomic mass is 19.4. The molecule has 0 aliphatic carbocycles. The van der Waals surface area contributed by atoms with E-state index in [2.05, 4.69) is 45.1 Å². The number of aromatic nitrogens is 6. The summed E-state index contributed by atoms with van der Waals surface area (Å²) in [4.78, 5) is 39.6. The Hall–Kier alpha value is -5.14. The first-order valence-corrected chi connectivity index (χ1v) is 14.1. The first-order valence-electron chi connectivity index (χ1n) is 14.1. The predicted molar refractivity (Wildman–Crippen MR) is 157 cm³/mol. The van der Waals surface area contributed by atoms with Crippen molar-refractivity contribution in [3.63, 3.8) is 0 Å². The molecule has 0 radical (unpaired) electrons. The summed E-state index contributed by atoms with van der Waals surface area (Å²) in [6.07, 6.45) is -6.33. The molecule has 6 rings (SSSR count). The number of nitrogens with one attached hydrogen (secondary N) is 1. The van der Waals surface area contributed by atoms with Crippen molar-refractivity contribution < 1.29 is 50.9 Å². The third-order valence-electron chi connectivity index (χ3n) is 7.55. The molecule has 2 amide bonds. The van der Waals surface area contributed by atoms with Gasteiger partial charge in [0, 0.05) is 75.9 Å². The SMILES string of the molecule is CNC(=O)N1CCn2c(C3CN(C)C3)nc(-c3ccc4c(c3)c(-c3cnn(C)c3)nn4C)c2C1.O=C(O)C(F)(F)F.O=C(O)C(F)(F)F. The number of imidazole rings is 1. The number of halogens is 6. The van der Waals surface area contributed by atoms with Gasteiger partial charge in [-0.1, -0.05) is 6.07 Å². The fraction of sp³-hybridized carbons (Fsp3) is 0.429. The molecule has 20 heteroatoms. The van der Waals surface area contributed by atoms with Crippen molar-refractivity contribution in [1.29, 1.82) is 0 Å². The lowest BCUT2D eigenvalue weighted by Crippen LogP contribution is -2.45. The third kappa shape index (κ3) is 7.69. The van der Waals surface area contributed by atoms with Gasteiger partial charge in [-0.05, 0) is 19.2 Å². The molecular formula is C28H31F6N9O5. The second kappa shape index (κ2) is 13.5. The highest BCUT2D eigenvalue weighted by Gasteiger charge is 2.39. The Morgan fingerprint density at radius 3 is 2.02 bits per heavy atom. The van der Waals surface area contributed by atoms with Gasteiger partial charge in [0.2, 0.25) is 0 Å². The summed E-state index contributed by atoms with van der Waals surface area (Å²) in [6, 6.07) is 6.36. The van der Waals surface area contributed by atoms with E-state index in [1.807, 2.05) is 36.1 Å². The number of rotatable bonds is 3. The summed E-state index contributed by atoms with van der Waals surface area (Å²) >= 11 is 0. The molecule has 3 N–H and O–H groups in total. The third-order valence-corrected chi connectivity index (χ3v) is 7.55. The molecule has 2 aliphatic rings. The summed E-state index contributed by atoms with van der Waals surface area (Å²) in [5, 5.41) is 27.2. The Labute approximate surface area is 268 Å². The number of alkyl halides is 6. The molecule has 0 bridgehead atoms. The van der Waals surface area contributed by atoms with Crippen LogP contribution in [0.3, 0.4) is 0 Å². The van der Waals surface area contributed by atoms with E-state index < -0.39 is 24.3 Å². The van der Waals surface area contributed by atoms with Gasteiger partial charge < -0.3 is 29.9 Å².